The predicted octanol–water partition coefficient (Wildman–Crippen LogP) is 6.37. The van der Waals surface area contributed by atoms with Crippen molar-refractivity contribution in [3.63, 3.8) is 0 Å². The van der Waals surface area contributed by atoms with Gasteiger partial charge in [0.1, 0.15) is 11.5 Å². The maximum atomic E-state index is 12.9. The first-order valence-electron chi connectivity index (χ1n) is 11.3. The van der Waals surface area contributed by atoms with Gasteiger partial charge in [-0.25, -0.2) is 15.0 Å². The quantitative estimate of drug-likeness (QED) is 0.316. The lowest BCUT2D eigenvalue weighted by Gasteiger charge is -2.26. The first kappa shape index (κ1) is 25.0. The number of aryl methyl sites for hydroxylation is 2. The number of halogens is 3. The molecule has 0 unspecified atom stereocenters. The highest BCUT2D eigenvalue weighted by molar-refractivity contribution is 7.16. The molecular formula is C25H21F3N6OS2. The zero-order valence-electron chi connectivity index (χ0n) is 19.8. The molecule has 7 nitrogen and oxygen atoms in total. The molecule has 0 aliphatic carbocycles. The summed E-state index contributed by atoms with van der Waals surface area (Å²) in [6.07, 6.45) is 0.658. The third-order valence-corrected chi connectivity index (χ3v) is 7.66. The lowest BCUT2D eigenvalue weighted by Crippen LogP contribution is -2.34. The molecule has 4 aromatic heterocycles. The number of thiazole rings is 2. The Bertz CT molecular complexity index is 1460. The highest BCUT2D eigenvalue weighted by Gasteiger charge is 2.32. The second-order valence-corrected chi connectivity index (χ2v) is 10.5. The fourth-order valence-corrected chi connectivity index (χ4v) is 5.62. The molecule has 1 N–H and O–H groups in total. The fraction of sp³-hybridized carbons (Fsp3) is 0.240. The van der Waals surface area contributed by atoms with E-state index < -0.39 is 11.9 Å². The minimum absolute atomic E-state index is 0.160. The molecule has 1 aliphatic rings. The van der Waals surface area contributed by atoms with Gasteiger partial charge in [-0.05, 0) is 49.6 Å². The number of alkyl halides is 3. The highest BCUT2D eigenvalue weighted by Crippen LogP contribution is 2.33. The molecule has 0 radical (unpaired) electrons. The van der Waals surface area contributed by atoms with Crippen molar-refractivity contribution in [2.75, 3.05) is 18.4 Å². The SMILES string of the molecule is Cc1nc(C)c(-c2csc(Nc3ccc(C(=O)N4CC=C(c5ccc(C(F)(F)F)nc5)CC4)cn3)n2)s1. The number of hydrogen-bond acceptors (Lipinski definition) is 8. The number of carbonyl (C=O) groups is 1. The van der Waals surface area contributed by atoms with Gasteiger partial charge in [0, 0.05) is 30.9 Å². The molecule has 0 fully saturated rings. The van der Waals surface area contributed by atoms with Crippen molar-refractivity contribution in [1.29, 1.82) is 0 Å². The first-order chi connectivity index (χ1) is 17.7. The van der Waals surface area contributed by atoms with Crippen LogP contribution in [0, 0.1) is 13.8 Å². The van der Waals surface area contributed by atoms with E-state index in [2.05, 4.69) is 25.3 Å². The van der Waals surface area contributed by atoms with Crippen LogP contribution in [-0.2, 0) is 6.18 Å². The Labute approximate surface area is 218 Å². The van der Waals surface area contributed by atoms with Crippen molar-refractivity contribution in [3.8, 4) is 10.6 Å². The summed E-state index contributed by atoms with van der Waals surface area (Å²) < 4.78 is 38.2. The van der Waals surface area contributed by atoms with E-state index in [9.17, 15) is 18.0 Å². The van der Waals surface area contributed by atoms with Crippen LogP contribution in [0.15, 0.2) is 48.1 Å². The van der Waals surface area contributed by atoms with E-state index in [-0.39, 0.29) is 5.91 Å². The van der Waals surface area contributed by atoms with Gasteiger partial charge in [0.2, 0.25) is 0 Å². The maximum absolute atomic E-state index is 12.9. The van der Waals surface area contributed by atoms with Crippen LogP contribution in [0.25, 0.3) is 16.1 Å². The summed E-state index contributed by atoms with van der Waals surface area (Å²) in [5, 5.41) is 6.83. The second-order valence-electron chi connectivity index (χ2n) is 8.40. The molecule has 1 amide bonds. The van der Waals surface area contributed by atoms with Gasteiger partial charge < -0.3 is 10.2 Å². The predicted molar refractivity (Wildman–Crippen MR) is 138 cm³/mol. The third kappa shape index (κ3) is 5.54. The van der Waals surface area contributed by atoms with Crippen molar-refractivity contribution in [1.82, 2.24) is 24.8 Å². The zero-order chi connectivity index (χ0) is 26.2. The average Bonchev–Trinajstić information content (AvgIpc) is 3.48. The molecular weight excluding hydrogens is 521 g/mol. The molecule has 37 heavy (non-hydrogen) atoms. The number of aromatic nitrogens is 4. The summed E-state index contributed by atoms with van der Waals surface area (Å²) in [6.45, 7) is 4.74. The molecule has 1 aliphatic heterocycles. The topological polar surface area (TPSA) is 83.9 Å². The molecule has 5 heterocycles. The summed E-state index contributed by atoms with van der Waals surface area (Å²) in [4.78, 5) is 32.6. The van der Waals surface area contributed by atoms with Crippen LogP contribution < -0.4 is 5.32 Å². The average molecular weight is 543 g/mol. The van der Waals surface area contributed by atoms with Gasteiger partial charge in [0.05, 0.1) is 26.8 Å². The molecule has 0 saturated carbocycles. The minimum Gasteiger partial charge on any atom is -0.335 e. The molecule has 0 spiro atoms. The Balaban J connectivity index is 1.20. The van der Waals surface area contributed by atoms with Crippen LogP contribution in [0.4, 0.5) is 24.1 Å². The van der Waals surface area contributed by atoms with E-state index in [1.807, 2.05) is 25.3 Å². The van der Waals surface area contributed by atoms with Crippen LogP contribution in [-0.4, -0.2) is 43.8 Å². The Morgan fingerprint density at radius 1 is 1.08 bits per heavy atom. The number of nitrogens with one attached hydrogen (secondary N) is 1. The van der Waals surface area contributed by atoms with Gasteiger partial charge >= 0.3 is 6.18 Å². The molecule has 190 valence electrons. The molecule has 12 heteroatoms. The van der Waals surface area contributed by atoms with Crippen LogP contribution in [0.5, 0.6) is 0 Å². The van der Waals surface area contributed by atoms with Crippen molar-refractivity contribution < 1.29 is 18.0 Å². The van der Waals surface area contributed by atoms with Crippen molar-refractivity contribution in [3.05, 3.63) is 75.6 Å². The number of amides is 1. The Morgan fingerprint density at radius 3 is 2.51 bits per heavy atom. The van der Waals surface area contributed by atoms with Crippen molar-refractivity contribution in [2.24, 2.45) is 0 Å². The van der Waals surface area contributed by atoms with E-state index in [1.165, 1.54) is 29.8 Å². The first-order valence-corrected chi connectivity index (χ1v) is 13.0. The van der Waals surface area contributed by atoms with Gasteiger partial charge in [-0.2, -0.15) is 13.2 Å². The normalized spacial score (nSPS) is 14.0. The largest absolute Gasteiger partial charge is 0.433 e. The van der Waals surface area contributed by atoms with Gasteiger partial charge in [0.25, 0.3) is 5.91 Å². The van der Waals surface area contributed by atoms with Crippen LogP contribution in [0.3, 0.4) is 0 Å². The summed E-state index contributed by atoms with van der Waals surface area (Å²) >= 11 is 3.07. The molecule has 4 aromatic rings. The number of nitrogens with zero attached hydrogens (tertiary/aromatic N) is 5. The second kappa shape index (κ2) is 10.0. The van der Waals surface area contributed by atoms with Crippen molar-refractivity contribution in [2.45, 2.75) is 26.4 Å². The number of anilines is 2. The summed E-state index contributed by atoms with van der Waals surface area (Å²) in [5.41, 5.74) is 2.85. The third-order valence-electron chi connectivity index (χ3n) is 5.81. The van der Waals surface area contributed by atoms with E-state index in [0.717, 1.165) is 32.9 Å². The van der Waals surface area contributed by atoms with Gasteiger partial charge in [-0.15, -0.1) is 22.7 Å². The standard InChI is InChI=1S/C25H21F3N6OS2/c1-14-22(37-15(2)31-14)19-13-36-24(32-19)33-21-6-4-18(12-30-21)23(35)34-9-7-16(8-10-34)17-3-5-20(29-11-17)25(26,27)28/h3-7,11-13H,8-10H2,1-2H3,(H,30,32,33). The Hall–Kier alpha value is -3.64. The maximum Gasteiger partial charge on any atom is 0.433 e. The van der Waals surface area contributed by atoms with Crippen LogP contribution in [0.2, 0.25) is 0 Å². The van der Waals surface area contributed by atoms with Gasteiger partial charge in [-0.1, -0.05) is 12.1 Å². The smallest absolute Gasteiger partial charge is 0.335 e. The van der Waals surface area contributed by atoms with E-state index in [1.54, 1.807) is 28.4 Å². The number of carbonyl (C=O) groups excluding carboxylic acids is 1. The molecule has 5 rings (SSSR count). The zero-order valence-corrected chi connectivity index (χ0v) is 21.5. The summed E-state index contributed by atoms with van der Waals surface area (Å²) in [5.74, 6) is 0.415. The number of pyridine rings is 2. The highest BCUT2D eigenvalue weighted by atomic mass is 32.1. The van der Waals surface area contributed by atoms with E-state index in [0.29, 0.717) is 41.6 Å². The minimum atomic E-state index is -4.47. The Morgan fingerprint density at radius 2 is 1.92 bits per heavy atom. The number of rotatable bonds is 5. The summed E-state index contributed by atoms with van der Waals surface area (Å²) in [7, 11) is 0. The van der Waals surface area contributed by atoms with Crippen LogP contribution >= 0.6 is 22.7 Å². The van der Waals surface area contributed by atoms with Gasteiger partial charge in [0.15, 0.2) is 5.13 Å². The van der Waals surface area contributed by atoms with E-state index >= 15 is 0 Å². The molecule has 0 bridgehead atoms. The lowest BCUT2D eigenvalue weighted by atomic mass is 10.0. The molecule has 0 saturated heterocycles. The van der Waals surface area contributed by atoms with E-state index in [4.69, 9.17) is 0 Å². The Kier molecular flexibility index (Phi) is 6.78. The molecule has 0 aromatic carbocycles. The van der Waals surface area contributed by atoms with Crippen molar-refractivity contribution >= 4 is 45.1 Å². The summed E-state index contributed by atoms with van der Waals surface area (Å²) in [6, 6.07) is 5.83. The lowest BCUT2D eigenvalue weighted by molar-refractivity contribution is -0.141. The number of hydrogen-bond donors (Lipinski definition) is 1. The fourth-order valence-electron chi connectivity index (χ4n) is 3.96. The van der Waals surface area contributed by atoms with Gasteiger partial charge in [-0.3, -0.25) is 9.78 Å². The monoisotopic (exact) mass is 542 g/mol. The van der Waals surface area contributed by atoms with Crippen LogP contribution in [0.1, 0.15) is 38.7 Å². The molecule has 0 atom stereocenters.